The van der Waals surface area contributed by atoms with Gasteiger partial charge in [-0.2, -0.15) is 4.91 Å². The maximum absolute atomic E-state index is 10.6. The number of hydrogen-bond donors (Lipinski definition) is 1. The third-order valence-electron chi connectivity index (χ3n) is 2.47. The Morgan fingerprint density at radius 1 is 1.71 bits per heavy atom. The summed E-state index contributed by atoms with van der Waals surface area (Å²) in [7, 11) is 0. The molecule has 0 rings (SSSR count). The molecular weight excluding hydrogens is 178 g/mol. The van der Waals surface area contributed by atoms with Crippen LogP contribution in [-0.4, -0.2) is 17.8 Å². The first-order valence-electron chi connectivity index (χ1n) is 4.70. The standard InChI is InChI=1S/C11H17NO2/c1-4-6-11(12-14)10(7-8-13)9(3)5-2/h1,5,9-11,13H,2,6-8H2,3H3/t9-,10-,11-/m1/s1. The van der Waals surface area contributed by atoms with E-state index < -0.39 is 6.04 Å². The number of nitrogens with zero attached hydrogens (tertiary/aromatic N) is 1. The lowest BCUT2D eigenvalue weighted by Crippen LogP contribution is -2.24. The summed E-state index contributed by atoms with van der Waals surface area (Å²) in [6, 6.07) is -0.417. The Morgan fingerprint density at radius 3 is 2.71 bits per heavy atom. The highest BCUT2D eigenvalue weighted by Crippen LogP contribution is 2.24. The minimum atomic E-state index is -0.417. The molecule has 0 radical (unpaired) electrons. The molecule has 0 amide bonds. The predicted octanol–water partition coefficient (Wildman–Crippen LogP) is 1.97. The maximum atomic E-state index is 10.6. The predicted molar refractivity (Wildman–Crippen MR) is 57.6 cm³/mol. The fourth-order valence-electron chi connectivity index (χ4n) is 1.52. The third-order valence-corrected chi connectivity index (χ3v) is 2.47. The molecule has 3 heteroatoms. The number of terminal acetylenes is 1. The van der Waals surface area contributed by atoms with Crippen LogP contribution >= 0.6 is 0 Å². The number of allylic oxidation sites excluding steroid dienone is 1. The molecule has 0 aromatic carbocycles. The van der Waals surface area contributed by atoms with E-state index in [9.17, 15) is 4.91 Å². The minimum absolute atomic E-state index is 0.00829. The summed E-state index contributed by atoms with van der Waals surface area (Å²) >= 11 is 0. The molecule has 0 heterocycles. The molecule has 0 saturated carbocycles. The lowest BCUT2D eigenvalue weighted by atomic mass is 9.84. The van der Waals surface area contributed by atoms with Gasteiger partial charge in [0.15, 0.2) is 0 Å². The van der Waals surface area contributed by atoms with Gasteiger partial charge in [-0.25, -0.2) is 0 Å². The van der Waals surface area contributed by atoms with Crippen LogP contribution in [0.5, 0.6) is 0 Å². The average molecular weight is 195 g/mol. The molecule has 0 aliphatic carbocycles. The van der Waals surface area contributed by atoms with Gasteiger partial charge in [0.1, 0.15) is 6.04 Å². The molecule has 3 atom stereocenters. The number of nitroso groups, excluding NO2 is 1. The first kappa shape index (κ1) is 12.9. The van der Waals surface area contributed by atoms with Gasteiger partial charge in [-0.15, -0.1) is 18.9 Å². The Balaban J connectivity index is 4.50. The summed E-state index contributed by atoms with van der Waals surface area (Å²) in [5, 5.41) is 11.9. The van der Waals surface area contributed by atoms with Gasteiger partial charge >= 0.3 is 0 Å². The second-order valence-electron chi connectivity index (χ2n) is 3.35. The first-order valence-corrected chi connectivity index (χ1v) is 4.70. The smallest absolute Gasteiger partial charge is 0.106 e. The monoisotopic (exact) mass is 195 g/mol. The lowest BCUT2D eigenvalue weighted by molar-refractivity contribution is 0.220. The SMILES string of the molecule is C#CC[C@@H](N=O)[C@H](CCO)[C@H](C)C=C. The van der Waals surface area contributed by atoms with Gasteiger partial charge in [-0.3, -0.25) is 0 Å². The second-order valence-corrected chi connectivity index (χ2v) is 3.35. The van der Waals surface area contributed by atoms with E-state index in [1.165, 1.54) is 0 Å². The van der Waals surface area contributed by atoms with Crippen LogP contribution in [0.3, 0.4) is 0 Å². The quantitative estimate of drug-likeness (QED) is 0.383. The van der Waals surface area contributed by atoms with Crippen molar-refractivity contribution >= 4 is 0 Å². The minimum Gasteiger partial charge on any atom is -0.396 e. The molecule has 78 valence electrons. The Kier molecular flexibility index (Phi) is 6.69. The van der Waals surface area contributed by atoms with Crippen molar-refractivity contribution in [3.8, 4) is 12.3 Å². The molecule has 14 heavy (non-hydrogen) atoms. The van der Waals surface area contributed by atoms with Crippen LogP contribution in [0.25, 0.3) is 0 Å². The number of rotatable bonds is 7. The fraction of sp³-hybridized carbons (Fsp3) is 0.636. The molecule has 0 fully saturated rings. The molecule has 0 aliphatic heterocycles. The first-order chi connectivity index (χ1) is 6.71. The topological polar surface area (TPSA) is 49.7 Å². The van der Waals surface area contributed by atoms with Gasteiger partial charge in [0, 0.05) is 13.0 Å². The van der Waals surface area contributed by atoms with Crippen LogP contribution < -0.4 is 0 Å². The Labute approximate surface area is 85.2 Å². The summed E-state index contributed by atoms with van der Waals surface area (Å²) in [6.45, 7) is 5.65. The zero-order valence-corrected chi connectivity index (χ0v) is 8.52. The van der Waals surface area contributed by atoms with Crippen LogP contribution in [0.2, 0.25) is 0 Å². The Bertz CT molecular complexity index is 220. The molecule has 0 spiro atoms. The van der Waals surface area contributed by atoms with Gasteiger partial charge in [-0.1, -0.05) is 18.2 Å². The van der Waals surface area contributed by atoms with Crippen molar-refractivity contribution in [2.45, 2.75) is 25.8 Å². The Hall–Kier alpha value is -1.14. The van der Waals surface area contributed by atoms with Crippen LogP contribution in [0.15, 0.2) is 17.8 Å². The van der Waals surface area contributed by atoms with Crippen molar-refractivity contribution in [3.05, 3.63) is 17.6 Å². The van der Waals surface area contributed by atoms with Crippen molar-refractivity contribution in [1.82, 2.24) is 0 Å². The molecule has 1 N–H and O–H groups in total. The highest BCUT2D eigenvalue weighted by molar-refractivity contribution is 4.96. The van der Waals surface area contributed by atoms with Crippen molar-refractivity contribution in [3.63, 3.8) is 0 Å². The number of aliphatic hydroxyl groups is 1. The van der Waals surface area contributed by atoms with Crippen LogP contribution in [0, 0.1) is 29.1 Å². The third kappa shape index (κ3) is 3.71. The Morgan fingerprint density at radius 2 is 2.36 bits per heavy atom. The van der Waals surface area contributed by atoms with E-state index in [1.54, 1.807) is 6.08 Å². The molecule has 0 aromatic heterocycles. The van der Waals surface area contributed by atoms with Crippen molar-refractivity contribution in [1.29, 1.82) is 0 Å². The van der Waals surface area contributed by atoms with E-state index in [-0.39, 0.29) is 18.4 Å². The average Bonchev–Trinajstić information content (AvgIpc) is 2.22. The van der Waals surface area contributed by atoms with E-state index in [2.05, 4.69) is 17.7 Å². The van der Waals surface area contributed by atoms with Crippen molar-refractivity contribution < 1.29 is 5.11 Å². The second kappa shape index (κ2) is 7.28. The van der Waals surface area contributed by atoms with E-state index in [4.69, 9.17) is 11.5 Å². The summed E-state index contributed by atoms with van der Waals surface area (Å²) in [4.78, 5) is 10.6. The van der Waals surface area contributed by atoms with Gasteiger partial charge in [0.25, 0.3) is 0 Å². The normalized spacial score (nSPS) is 16.4. The summed E-state index contributed by atoms with van der Waals surface area (Å²) < 4.78 is 0. The van der Waals surface area contributed by atoms with Gasteiger partial charge in [0.2, 0.25) is 0 Å². The zero-order valence-electron chi connectivity index (χ0n) is 8.52. The summed E-state index contributed by atoms with van der Waals surface area (Å²) in [5.41, 5.74) is 0. The van der Waals surface area contributed by atoms with Gasteiger partial charge < -0.3 is 5.11 Å². The van der Waals surface area contributed by atoms with E-state index in [0.29, 0.717) is 12.8 Å². The molecule has 0 unspecified atom stereocenters. The van der Waals surface area contributed by atoms with Crippen LogP contribution in [0.4, 0.5) is 0 Å². The van der Waals surface area contributed by atoms with Gasteiger partial charge in [0.05, 0.1) is 0 Å². The van der Waals surface area contributed by atoms with Crippen molar-refractivity contribution in [2.75, 3.05) is 6.61 Å². The molecule has 0 bridgehead atoms. The number of hydrogen-bond acceptors (Lipinski definition) is 3. The van der Waals surface area contributed by atoms with Crippen molar-refractivity contribution in [2.24, 2.45) is 17.0 Å². The largest absolute Gasteiger partial charge is 0.396 e. The molecular formula is C11H17NO2. The van der Waals surface area contributed by atoms with Crippen LogP contribution in [0.1, 0.15) is 19.8 Å². The van der Waals surface area contributed by atoms with E-state index >= 15 is 0 Å². The zero-order chi connectivity index (χ0) is 11.0. The molecule has 0 saturated heterocycles. The lowest BCUT2D eigenvalue weighted by Gasteiger charge is -2.23. The molecule has 0 aromatic rings. The summed E-state index contributed by atoms with van der Waals surface area (Å²) in [5.74, 6) is 2.56. The van der Waals surface area contributed by atoms with E-state index in [1.807, 2.05) is 6.92 Å². The highest BCUT2D eigenvalue weighted by Gasteiger charge is 2.25. The van der Waals surface area contributed by atoms with Crippen LogP contribution in [-0.2, 0) is 0 Å². The van der Waals surface area contributed by atoms with E-state index in [0.717, 1.165) is 0 Å². The highest BCUT2D eigenvalue weighted by atomic mass is 16.3. The summed E-state index contributed by atoms with van der Waals surface area (Å²) in [6.07, 6.45) is 7.76. The molecule has 3 nitrogen and oxygen atoms in total. The number of aliphatic hydroxyl groups excluding tert-OH is 1. The molecule has 0 aliphatic rings. The van der Waals surface area contributed by atoms with Gasteiger partial charge in [-0.05, 0) is 18.3 Å². The fourth-order valence-corrected chi connectivity index (χ4v) is 1.52. The maximum Gasteiger partial charge on any atom is 0.106 e.